The number of benzene rings is 1. The number of carbonyl (C=O) groups is 1. The second-order valence-electron chi connectivity index (χ2n) is 10.2. The first-order valence-corrected chi connectivity index (χ1v) is 12.4. The van der Waals surface area contributed by atoms with Crippen LogP contribution in [-0.4, -0.2) is 26.8 Å². The third-order valence-electron chi connectivity index (χ3n) is 8.49. The lowest BCUT2D eigenvalue weighted by molar-refractivity contribution is -0.116. The molecule has 0 bridgehead atoms. The number of oxime groups is 1. The minimum atomic E-state index is -0.0492. The van der Waals surface area contributed by atoms with Gasteiger partial charge in [0.1, 0.15) is 0 Å². The van der Waals surface area contributed by atoms with Crippen LogP contribution in [-0.2, 0) is 11.2 Å². The third kappa shape index (κ3) is 4.14. The molecular weight excluding hydrogens is 436 g/mol. The first-order chi connectivity index (χ1) is 16.0. The number of hydrogen-bond donors (Lipinski definition) is 2. The Kier molecular flexibility index (Phi) is 6.12. The summed E-state index contributed by atoms with van der Waals surface area (Å²) in [6, 6.07) is 6.40. The first-order valence-electron chi connectivity index (χ1n) is 12.0. The van der Waals surface area contributed by atoms with Gasteiger partial charge in [-0.25, -0.2) is 4.98 Å². The van der Waals surface area contributed by atoms with E-state index in [1.807, 2.05) is 6.07 Å². The van der Waals surface area contributed by atoms with Gasteiger partial charge >= 0.3 is 0 Å². The highest BCUT2D eigenvalue weighted by Crippen LogP contribution is 2.62. The van der Waals surface area contributed by atoms with E-state index in [-0.39, 0.29) is 11.3 Å². The van der Waals surface area contributed by atoms with Crippen molar-refractivity contribution >= 4 is 29.0 Å². The molecule has 5 rings (SSSR count). The summed E-state index contributed by atoms with van der Waals surface area (Å²) in [5, 5.41) is 17.3. The van der Waals surface area contributed by atoms with Crippen LogP contribution >= 0.6 is 11.6 Å². The number of aryl methyl sites for hydroxylation is 1. The molecule has 33 heavy (non-hydrogen) atoms. The number of aromatic nitrogens is 2. The zero-order valence-corrected chi connectivity index (χ0v) is 19.8. The number of carbonyl (C=O) groups excluding carboxylic acids is 1. The molecule has 174 valence electrons. The maximum atomic E-state index is 12.4. The topological polar surface area (TPSA) is 87.5 Å². The van der Waals surface area contributed by atoms with Gasteiger partial charge in [-0.3, -0.25) is 9.78 Å². The summed E-state index contributed by atoms with van der Waals surface area (Å²) in [4.78, 5) is 20.5. The molecule has 0 saturated heterocycles. The lowest BCUT2D eigenvalue weighted by Gasteiger charge is -2.50. The summed E-state index contributed by atoms with van der Waals surface area (Å²) in [6.07, 6.45) is 12.2. The van der Waals surface area contributed by atoms with Gasteiger partial charge in [-0.05, 0) is 91.9 Å². The highest BCUT2D eigenvalue weighted by molar-refractivity contribution is 6.30. The molecule has 0 spiro atoms. The van der Waals surface area contributed by atoms with Gasteiger partial charge in [-0.1, -0.05) is 29.7 Å². The molecule has 0 aliphatic heterocycles. The lowest BCUT2D eigenvalue weighted by Crippen LogP contribution is -2.44. The minimum Gasteiger partial charge on any atom is -0.411 e. The Bertz CT molecular complexity index is 1060. The number of amides is 1. The molecule has 5 atom stereocenters. The Morgan fingerprint density at radius 1 is 1.33 bits per heavy atom. The molecule has 2 fully saturated rings. The number of nitrogens with one attached hydrogen (secondary N) is 1. The highest BCUT2D eigenvalue weighted by atomic mass is 35.5. The number of rotatable bonds is 5. The predicted molar refractivity (Wildman–Crippen MR) is 129 cm³/mol. The van der Waals surface area contributed by atoms with Gasteiger partial charge in [-0.15, -0.1) is 0 Å². The average Bonchev–Trinajstić information content (AvgIpc) is 3.11. The van der Waals surface area contributed by atoms with Crippen molar-refractivity contribution in [3.05, 3.63) is 52.9 Å². The van der Waals surface area contributed by atoms with E-state index in [0.29, 0.717) is 35.9 Å². The molecule has 2 N–H and O–H groups in total. The third-order valence-corrected chi connectivity index (χ3v) is 8.73. The van der Waals surface area contributed by atoms with Crippen LogP contribution in [0.4, 0.5) is 5.82 Å². The van der Waals surface area contributed by atoms with Gasteiger partial charge in [0, 0.05) is 29.3 Å². The molecule has 7 heteroatoms. The molecule has 1 aromatic carbocycles. The van der Waals surface area contributed by atoms with Crippen molar-refractivity contribution < 1.29 is 10.0 Å². The maximum absolute atomic E-state index is 12.4. The van der Waals surface area contributed by atoms with Crippen molar-refractivity contribution in [2.45, 2.75) is 64.2 Å². The molecule has 3 aliphatic rings. The zero-order valence-electron chi connectivity index (χ0n) is 19.0. The van der Waals surface area contributed by atoms with Gasteiger partial charge in [-0.2, -0.15) is 0 Å². The van der Waals surface area contributed by atoms with Crippen LogP contribution in [0.15, 0.2) is 41.9 Å². The predicted octanol–water partition coefficient (Wildman–Crippen LogP) is 5.85. The normalized spacial score (nSPS) is 31.5. The van der Waals surface area contributed by atoms with E-state index < -0.39 is 0 Å². The van der Waals surface area contributed by atoms with Crippen molar-refractivity contribution in [1.82, 2.24) is 9.97 Å². The molecule has 3 aliphatic carbocycles. The smallest absolute Gasteiger partial charge is 0.225 e. The lowest BCUT2D eigenvalue weighted by atomic mass is 9.54. The molecule has 2 saturated carbocycles. The SMILES string of the molecule is C[C@]12CCC3c4ccc(Cl)cc4CCC3C1[C@H](CCCC(=O)Nc1cnccn1)C/C2=N\O. The van der Waals surface area contributed by atoms with Crippen LogP contribution in [0.25, 0.3) is 0 Å². The summed E-state index contributed by atoms with van der Waals surface area (Å²) in [7, 11) is 0. The Labute approximate surface area is 199 Å². The fourth-order valence-electron chi connectivity index (χ4n) is 7.15. The standard InChI is InChI=1S/C26H31ClN4O2/c1-26-10-9-20-19-8-6-18(27)13-16(19)5-7-21(20)25(26)17(14-22(26)31-33)3-2-4-24(32)30-23-15-28-11-12-29-23/h6,8,11-13,15,17,20-21,25,33H,2-5,7,9-10,14H2,1H3,(H,29,30,32)/b31-22+/t17-,20?,21?,25?,26-/m1/s1. The number of anilines is 1. The number of halogens is 1. The molecule has 6 nitrogen and oxygen atoms in total. The number of fused-ring (bicyclic) bond motifs is 5. The summed E-state index contributed by atoms with van der Waals surface area (Å²) >= 11 is 6.27. The molecule has 1 heterocycles. The molecule has 1 amide bonds. The number of hydrogen-bond acceptors (Lipinski definition) is 5. The van der Waals surface area contributed by atoms with Gasteiger partial charge in [0.2, 0.25) is 5.91 Å². The summed E-state index contributed by atoms with van der Waals surface area (Å²) in [6.45, 7) is 2.31. The van der Waals surface area contributed by atoms with Gasteiger partial charge < -0.3 is 10.5 Å². The van der Waals surface area contributed by atoms with Crippen LogP contribution in [0.3, 0.4) is 0 Å². The summed E-state index contributed by atoms with van der Waals surface area (Å²) in [5.41, 5.74) is 3.78. The van der Waals surface area contributed by atoms with Crippen molar-refractivity contribution in [2.24, 2.45) is 28.3 Å². The molecular formula is C26H31ClN4O2. The van der Waals surface area contributed by atoms with Gasteiger partial charge in [0.25, 0.3) is 0 Å². The van der Waals surface area contributed by atoms with E-state index in [0.717, 1.165) is 55.7 Å². The second-order valence-corrected chi connectivity index (χ2v) is 10.6. The van der Waals surface area contributed by atoms with E-state index in [1.54, 1.807) is 18.6 Å². The Morgan fingerprint density at radius 2 is 2.21 bits per heavy atom. The average molecular weight is 467 g/mol. The van der Waals surface area contributed by atoms with Crippen molar-refractivity contribution in [3.8, 4) is 0 Å². The molecule has 3 unspecified atom stereocenters. The summed E-state index contributed by atoms with van der Waals surface area (Å²) in [5.74, 6) is 2.50. The van der Waals surface area contributed by atoms with Crippen LogP contribution in [0, 0.1) is 23.2 Å². The largest absolute Gasteiger partial charge is 0.411 e. The maximum Gasteiger partial charge on any atom is 0.225 e. The Balaban J connectivity index is 1.30. The van der Waals surface area contributed by atoms with E-state index in [1.165, 1.54) is 11.1 Å². The van der Waals surface area contributed by atoms with E-state index in [9.17, 15) is 10.0 Å². The molecule has 2 aromatic rings. The van der Waals surface area contributed by atoms with Crippen LogP contribution < -0.4 is 5.32 Å². The van der Waals surface area contributed by atoms with Crippen molar-refractivity contribution in [1.29, 1.82) is 0 Å². The van der Waals surface area contributed by atoms with Crippen LogP contribution in [0.2, 0.25) is 5.02 Å². The van der Waals surface area contributed by atoms with Gasteiger partial charge in [0.05, 0.1) is 11.9 Å². The minimum absolute atomic E-state index is 0.0303. The van der Waals surface area contributed by atoms with Crippen LogP contribution in [0.5, 0.6) is 0 Å². The van der Waals surface area contributed by atoms with Crippen molar-refractivity contribution in [2.75, 3.05) is 5.32 Å². The van der Waals surface area contributed by atoms with E-state index >= 15 is 0 Å². The summed E-state index contributed by atoms with van der Waals surface area (Å²) < 4.78 is 0. The Morgan fingerprint density at radius 3 is 3.00 bits per heavy atom. The molecule has 1 aromatic heterocycles. The second kappa shape index (κ2) is 9.05. The van der Waals surface area contributed by atoms with E-state index in [2.05, 4.69) is 39.5 Å². The van der Waals surface area contributed by atoms with Crippen molar-refractivity contribution in [3.63, 3.8) is 0 Å². The fourth-order valence-corrected chi connectivity index (χ4v) is 7.34. The van der Waals surface area contributed by atoms with E-state index in [4.69, 9.17) is 11.6 Å². The highest BCUT2D eigenvalue weighted by Gasteiger charge is 2.57. The monoisotopic (exact) mass is 466 g/mol. The zero-order chi connectivity index (χ0) is 23.0. The van der Waals surface area contributed by atoms with Crippen LogP contribution in [0.1, 0.15) is 68.9 Å². The Hall–Kier alpha value is -2.47. The fraction of sp³-hybridized carbons (Fsp3) is 0.538. The quantitative estimate of drug-likeness (QED) is 0.427. The first kappa shape index (κ1) is 22.3. The molecule has 0 radical (unpaired) electrons. The number of nitrogens with zero attached hydrogens (tertiary/aromatic N) is 3. The van der Waals surface area contributed by atoms with Gasteiger partial charge in [0.15, 0.2) is 5.82 Å².